The van der Waals surface area contributed by atoms with E-state index in [4.69, 9.17) is 0 Å². The lowest BCUT2D eigenvalue weighted by molar-refractivity contribution is 0.550. The number of anilines is 1. The Morgan fingerprint density at radius 1 is 1.15 bits per heavy atom. The third kappa shape index (κ3) is 3.57. The second-order valence-electron chi connectivity index (χ2n) is 7.60. The minimum absolute atomic E-state index is 0.0106. The van der Waals surface area contributed by atoms with Crippen LogP contribution in [0.25, 0.3) is 5.57 Å². The molecule has 136 valence electrons. The van der Waals surface area contributed by atoms with E-state index in [1.165, 1.54) is 34.5 Å². The molecule has 3 heteroatoms. The van der Waals surface area contributed by atoms with Crippen molar-refractivity contribution in [3.8, 4) is 0 Å². The highest BCUT2D eigenvalue weighted by atomic mass is 19.1. The van der Waals surface area contributed by atoms with E-state index >= 15 is 0 Å². The Bertz CT molecular complexity index is 878. The van der Waals surface area contributed by atoms with Gasteiger partial charge in [-0.15, -0.1) is 0 Å². The number of nitrogens with zero attached hydrogens (tertiary/aromatic N) is 2. The molecule has 0 fully saturated rings. The topological polar surface area (TPSA) is 15.6 Å². The highest BCUT2D eigenvalue weighted by Gasteiger charge is 2.30. The van der Waals surface area contributed by atoms with Gasteiger partial charge in [0, 0.05) is 24.0 Å². The summed E-state index contributed by atoms with van der Waals surface area (Å²) in [6.07, 6.45) is 5.28. The van der Waals surface area contributed by atoms with Crippen molar-refractivity contribution >= 4 is 23.2 Å². The molecular formula is C23H27FN2. The fourth-order valence-electron chi connectivity index (χ4n) is 3.72. The van der Waals surface area contributed by atoms with Crippen LogP contribution < -0.4 is 4.90 Å². The molecular weight excluding hydrogens is 323 g/mol. The van der Waals surface area contributed by atoms with E-state index in [0.717, 1.165) is 18.5 Å². The van der Waals surface area contributed by atoms with Gasteiger partial charge >= 0.3 is 0 Å². The quantitative estimate of drug-likeness (QED) is 0.591. The highest BCUT2D eigenvalue weighted by Crippen LogP contribution is 2.40. The van der Waals surface area contributed by atoms with Gasteiger partial charge in [-0.3, -0.25) is 4.99 Å². The van der Waals surface area contributed by atoms with E-state index in [1.54, 1.807) is 6.07 Å². The van der Waals surface area contributed by atoms with Crippen LogP contribution >= 0.6 is 0 Å². The number of benzene rings is 2. The smallest absolute Gasteiger partial charge is 0.125 e. The molecule has 0 unspecified atom stereocenters. The summed E-state index contributed by atoms with van der Waals surface area (Å²) in [6.45, 7) is 12.1. The standard InChI is InChI=1S/C23H27FN2/c1-6-10-26-22-11-16(2)18(12-21(22)17(3)14-23(26,4)5)15-25-20-9-7-8-19(24)13-20/h7-9,11-15H,6,10H2,1-5H3. The molecule has 0 saturated carbocycles. The molecule has 0 saturated heterocycles. The first kappa shape index (κ1) is 18.4. The van der Waals surface area contributed by atoms with Crippen LogP contribution in [0.4, 0.5) is 15.8 Å². The average molecular weight is 350 g/mol. The fourth-order valence-corrected chi connectivity index (χ4v) is 3.72. The maximum atomic E-state index is 13.3. The molecule has 0 aromatic heterocycles. The maximum absolute atomic E-state index is 13.3. The SMILES string of the molecule is CCCN1c2cc(C)c(C=Nc3cccc(F)c3)cc2C(C)=CC1(C)C. The summed E-state index contributed by atoms with van der Waals surface area (Å²) in [6, 6.07) is 10.8. The van der Waals surface area contributed by atoms with Crippen LogP contribution in [0.5, 0.6) is 0 Å². The number of hydrogen-bond acceptors (Lipinski definition) is 2. The molecule has 3 rings (SSSR count). The maximum Gasteiger partial charge on any atom is 0.125 e. The van der Waals surface area contributed by atoms with Crippen molar-refractivity contribution in [3.05, 3.63) is 65.0 Å². The molecule has 1 aliphatic rings. The zero-order chi connectivity index (χ0) is 18.9. The van der Waals surface area contributed by atoms with Gasteiger partial charge in [-0.1, -0.05) is 19.1 Å². The summed E-state index contributed by atoms with van der Waals surface area (Å²) in [7, 11) is 0. The molecule has 1 aliphatic heterocycles. The van der Waals surface area contributed by atoms with Gasteiger partial charge in [0.2, 0.25) is 0 Å². The Balaban J connectivity index is 2.03. The van der Waals surface area contributed by atoms with Gasteiger partial charge in [-0.05, 0) is 81.1 Å². The Morgan fingerprint density at radius 2 is 1.92 bits per heavy atom. The van der Waals surface area contributed by atoms with Crippen molar-refractivity contribution in [2.24, 2.45) is 4.99 Å². The van der Waals surface area contributed by atoms with Gasteiger partial charge in [0.05, 0.1) is 11.2 Å². The number of hydrogen-bond donors (Lipinski definition) is 0. The molecule has 2 aromatic rings. The van der Waals surface area contributed by atoms with Crippen molar-refractivity contribution in [1.82, 2.24) is 0 Å². The first-order valence-electron chi connectivity index (χ1n) is 9.23. The molecule has 1 heterocycles. The predicted molar refractivity (Wildman–Crippen MR) is 110 cm³/mol. The minimum atomic E-state index is -0.266. The Hall–Kier alpha value is -2.42. The third-order valence-electron chi connectivity index (χ3n) is 4.97. The summed E-state index contributed by atoms with van der Waals surface area (Å²) in [5, 5.41) is 0. The second kappa shape index (κ2) is 7.06. The van der Waals surface area contributed by atoms with Crippen LogP contribution in [0.15, 0.2) is 47.5 Å². The Morgan fingerprint density at radius 3 is 2.62 bits per heavy atom. The summed E-state index contributed by atoms with van der Waals surface area (Å²) in [5.74, 6) is -0.266. The van der Waals surface area contributed by atoms with Gasteiger partial charge in [-0.25, -0.2) is 4.39 Å². The summed E-state index contributed by atoms with van der Waals surface area (Å²) < 4.78 is 13.3. The van der Waals surface area contributed by atoms with E-state index in [9.17, 15) is 4.39 Å². The normalized spacial score (nSPS) is 15.9. The van der Waals surface area contributed by atoms with Crippen molar-refractivity contribution in [1.29, 1.82) is 0 Å². The van der Waals surface area contributed by atoms with Gasteiger partial charge in [0.15, 0.2) is 0 Å². The average Bonchev–Trinajstić information content (AvgIpc) is 2.57. The molecule has 0 N–H and O–H groups in total. The molecule has 0 bridgehead atoms. The van der Waals surface area contributed by atoms with Crippen LogP contribution in [0.3, 0.4) is 0 Å². The molecule has 0 spiro atoms. The van der Waals surface area contributed by atoms with E-state index in [-0.39, 0.29) is 11.4 Å². The van der Waals surface area contributed by atoms with E-state index in [0.29, 0.717) is 5.69 Å². The van der Waals surface area contributed by atoms with Gasteiger partial charge in [-0.2, -0.15) is 0 Å². The van der Waals surface area contributed by atoms with Crippen molar-refractivity contribution < 1.29 is 4.39 Å². The fraction of sp³-hybridized carbons (Fsp3) is 0.348. The van der Waals surface area contributed by atoms with Crippen LogP contribution in [0.2, 0.25) is 0 Å². The van der Waals surface area contributed by atoms with Crippen LogP contribution in [0, 0.1) is 12.7 Å². The monoisotopic (exact) mass is 350 g/mol. The molecule has 0 amide bonds. The first-order chi connectivity index (χ1) is 12.3. The highest BCUT2D eigenvalue weighted by molar-refractivity contribution is 5.90. The molecule has 26 heavy (non-hydrogen) atoms. The van der Waals surface area contributed by atoms with Crippen LogP contribution in [-0.4, -0.2) is 18.3 Å². The lowest BCUT2D eigenvalue weighted by Gasteiger charge is -2.43. The minimum Gasteiger partial charge on any atom is -0.362 e. The molecule has 2 nitrogen and oxygen atoms in total. The Kier molecular flexibility index (Phi) is 4.99. The zero-order valence-electron chi connectivity index (χ0n) is 16.3. The zero-order valence-corrected chi connectivity index (χ0v) is 16.3. The summed E-state index contributed by atoms with van der Waals surface area (Å²) in [5.41, 5.74) is 6.71. The van der Waals surface area contributed by atoms with Crippen LogP contribution in [-0.2, 0) is 0 Å². The summed E-state index contributed by atoms with van der Waals surface area (Å²) >= 11 is 0. The largest absolute Gasteiger partial charge is 0.362 e. The van der Waals surface area contributed by atoms with E-state index in [1.807, 2.05) is 12.3 Å². The number of fused-ring (bicyclic) bond motifs is 1. The van der Waals surface area contributed by atoms with Gasteiger partial charge < -0.3 is 4.90 Å². The number of aliphatic imine (C=N–C) groups is 1. The van der Waals surface area contributed by atoms with Crippen LogP contribution in [0.1, 0.15) is 50.8 Å². The number of rotatable bonds is 4. The lowest BCUT2D eigenvalue weighted by Crippen LogP contribution is -2.45. The second-order valence-corrected chi connectivity index (χ2v) is 7.60. The Labute approximate surface area is 156 Å². The first-order valence-corrected chi connectivity index (χ1v) is 9.23. The van der Waals surface area contributed by atoms with Gasteiger partial charge in [0.25, 0.3) is 0 Å². The number of halogens is 1. The van der Waals surface area contributed by atoms with E-state index in [2.05, 4.69) is 62.7 Å². The number of aryl methyl sites for hydroxylation is 1. The predicted octanol–water partition coefficient (Wildman–Crippen LogP) is 6.30. The number of allylic oxidation sites excluding steroid dienone is 1. The third-order valence-corrected chi connectivity index (χ3v) is 4.97. The van der Waals surface area contributed by atoms with Crippen molar-refractivity contribution in [2.45, 2.75) is 46.6 Å². The molecule has 0 aliphatic carbocycles. The molecule has 0 atom stereocenters. The molecule has 0 radical (unpaired) electrons. The van der Waals surface area contributed by atoms with Gasteiger partial charge in [0.1, 0.15) is 5.82 Å². The lowest BCUT2D eigenvalue weighted by atomic mass is 9.87. The van der Waals surface area contributed by atoms with Crippen molar-refractivity contribution in [3.63, 3.8) is 0 Å². The van der Waals surface area contributed by atoms with E-state index < -0.39 is 0 Å². The van der Waals surface area contributed by atoms with Crippen molar-refractivity contribution in [2.75, 3.05) is 11.4 Å². The molecule has 2 aromatic carbocycles. The summed E-state index contributed by atoms with van der Waals surface area (Å²) in [4.78, 5) is 6.94.